The summed E-state index contributed by atoms with van der Waals surface area (Å²) in [5.41, 5.74) is 5.03. The van der Waals surface area contributed by atoms with Gasteiger partial charge in [-0.15, -0.1) is 0 Å². The summed E-state index contributed by atoms with van der Waals surface area (Å²) in [7, 11) is 1.57. The van der Waals surface area contributed by atoms with Crippen LogP contribution in [0.25, 0.3) is 0 Å². The lowest BCUT2D eigenvalue weighted by Crippen LogP contribution is -2.42. The lowest BCUT2D eigenvalue weighted by atomic mass is 9.96. The van der Waals surface area contributed by atoms with Crippen LogP contribution in [0.2, 0.25) is 5.02 Å². The quantitative estimate of drug-likeness (QED) is 0.588. The molecular weight excluding hydrogens is 426 g/mol. The fraction of sp³-hybridized carbons (Fsp3) is 0.400. The second-order valence-electron chi connectivity index (χ2n) is 7.99. The molecule has 1 heterocycles. The molecule has 1 atom stereocenters. The van der Waals surface area contributed by atoms with E-state index in [9.17, 15) is 9.59 Å². The molecular formula is C25H30ClN3O3. The number of carbonyl (C=O) groups excluding carboxylic acids is 2. The van der Waals surface area contributed by atoms with Crippen LogP contribution in [0.5, 0.6) is 0 Å². The van der Waals surface area contributed by atoms with Crippen LogP contribution in [0.3, 0.4) is 0 Å². The number of nitrogens with zero attached hydrogens (tertiary/aromatic N) is 3. The number of carbonyl (C=O) groups is 2. The van der Waals surface area contributed by atoms with Crippen molar-refractivity contribution in [1.82, 2.24) is 9.91 Å². The highest BCUT2D eigenvalue weighted by molar-refractivity contribution is 6.31. The predicted molar refractivity (Wildman–Crippen MR) is 127 cm³/mol. The Labute approximate surface area is 194 Å². The lowest BCUT2D eigenvalue weighted by molar-refractivity contribution is -0.141. The van der Waals surface area contributed by atoms with Crippen molar-refractivity contribution in [2.45, 2.75) is 39.7 Å². The maximum atomic E-state index is 13.4. The molecule has 3 rings (SSSR count). The van der Waals surface area contributed by atoms with Crippen molar-refractivity contribution in [3.8, 4) is 0 Å². The van der Waals surface area contributed by atoms with Crippen molar-refractivity contribution >= 4 is 29.1 Å². The smallest absolute Gasteiger partial charge is 0.262 e. The van der Waals surface area contributed by atoms with Gasteiger partial charge in [0.1, 0.15) is 6.54 Å². The summed E-state index contributed by atoms with van der Waals surface area (Å²) >= 11 is 6.49. The number of aryl methyl sites for hydroxylation is 2. The molecule has 6 nitrogen and oxygen atoms in total. The third kappa shape index (κ3) is 5.37. The van der Waals surface area contributed by atoms with Gasteiger partial charge in [-0.1, -0.05) is 48.9 Å². The van der Waals surface area contributed by atoms with Gasteiger partial charge in [0.15, 0.2) is 0 Å². The number of rotatable bonds is 8. The first kappa shape index (κ1) is 24.0. The summed E-state index contributed by atoms with van der Waals surface area (Å²) in [6.07, 6.45) is 0.875. The molecule has 2 aromatic carbocycles. The van der Waals surface area contributed by atoms with Crippen molar-refractivity contribution < 1.29 is 14.3 Å². The zero-order chi connectivity index (χ0) is 23.3. The molecule has 1 unspecified atom stereocenters. The van der Waals surface area contributed by atoms with E-state index in [1.807, 2.05) is 30.3 Å². The Morgan fingerprint density at radius 1 is 1.19 bits per heavy atom. The molecule has 7 heteroatoms. The van der Waals surface area contributed by atoms with Crippen LogP contribution in [0, 0.1) is 13.8 Å². The minimum Gasteiger partial charge on any atom is -0.383 e. The molecule has 0 saturated carbocycles. The van der Waals surface area contributed by atoms with Crippen LogP contribution in [-0.4, -0.2) is 54.2 Å². The Morgan fingerprint density at radius 3 is 2.59 bits per heavy atom. The monoisotopic (exact) mass is 455 g/mol. The Balaban J connectivity index is 1.94. The summed E-state index contributed by atoms with van der Waals surface area (Å²) in [6, 6.07) is 13.4. The predicted octanol–water partition coefficient (Wildman–Crippen LogP) is 4.52. The molecule has 0 aliphatic carbocycles. The van der Waals surface area contributed by atoms with E-state index < -0.39 is 0 Å². The van der Waals surface area contributed by atoms with Gasteiger partial charge in [-0.25, -0.2) is 5.01 Å². The first-order valence-corrected chi connectivity index (χ1v) is 11.2. The highest BCUT2D eigenvalue weighted by atomic mass is 35.5. The molecule has 1 aliphatic heterocycles. The first-order chi connectivity index (χ1) is 15.3. The Morgan fingerprint density at radius 2 is 1.94 bits per heavy atom. The van der Waals surface area contributed by atoms with Crippen LogP contribution in [0.1, 0.15) is 48.1 Å². The highest BCUT2D eigenvalue weighted by Crippen LogP contribution is 2.36. The third-order valence-corrected chi connectivity index (χ3v) is 6.16. The number of hydrogen-bond acceptors (Lipinski definition) is 4. The van der Waals surface area contributed by atoms with E-state index in [-0.39, 0.29) is 24.4 Å². The standard InChI is InChI=1S/C25H30ClN3O3/c1-5-24(30)28(12-13-32-4)16-25(31)29-23(20-8-6-7-9-21(20)26)15-22(27-29)19-11-10-17(2)18(3)14-19/h6-11,14,23H,5,12-13,15-16H2,1-4H3. The number of benzene rings is 2. The first-order valence-electron chi connectivity index (χ1n) is 10.8. The SMILES string of the molecule is CCC(=O)N(CCOC)CC(=O)N1N=C(c2ccc(C)c(C)c2)CC1c1ccccc1Cl. The number of halogens is 1. The molecule has 1 aliphatic rings. The number of amides is 2. The van der Waals surface area contributed by atoms with Crippen LogP contribution >= 0.6 is 11.6 Å². The maximum Gasteiger partial charge on any atom is 0.262 e. The second kappa shape index (κ2) is 10.7. The van der Waals surface area contributed by atoms with Gasteiger partial charge in [-0.05, 0) is 48.2 Å². The fourth-order valence-electron chi connectivity index (χ4n) is 3.78. The average molecular weight is 456 g/mol. The summed E-state index contributed by atoms with van der Waals surface area (Å²) in [6.45, 7) is 6.58. The molecule has 170 valence electrons. The molecule has 0 aromatic heterocycles. The van der Waals surface area contributed by atoms with Crippen LogP contribution in [0.15, 0.2) is 47.6 Å². The minimum absolute atomic E-state index is 0.0549. The lowest BCUT2D eigenvalue weighted by Gasteiger charge is -2.27. The number of hydrogen-bond donors (Lipinski definition) is 0. The van der Waals surface area contributed by atoms with E-state index in [1.54, 1.807) is 14.0 Å². The van der Waals surface area contributed by atoms with Gasteiger partial charge in [0.25, 0.3) is 5.91 Å². The molecule has 0 bridgehead atoms. The Hall–Kier alpha value is -2.70. The number of methoxy groups -OCH3 is 1. The van der Waals surface area contributed by atoms with Gasteiger partial charge in [0.2, 0.25) is 5.91 Å². The fourth-order valence-corrected chi connectivity index (χ4v) is 4.04. The van der Waals surface area contributed by atoms with Crippen molar-refractivity contribution in [3.63, 3.8) is 0 Å². The Bertz CT molecular complexity index is 1020. The summed E-state index contributed by atoms with van der Waals surface area (Å²) in [5, 5.41) is 6.80. The van der Waals surface area contributed by atoms with E-state index in [2.05, 4.69) is 26.0 Å². The summed E-state index contributed by atoms with van der Waals surface area (Å²) in [5.74, 6) is -0.339. The van der Waals surface area contributed by atoms with Crippen molar-refractivity contribution in [3.05, 3.63) is 69.7 Å². The zero-order valence-electron chi connectivity index (χ0n) is 19.1. The molecule has 0 N–H and O–H groups in total. The molecule has 0 saturated heterocycles. The van der Waals surface area contributed by atoms with Crippen LogP contribution < -0.4 is 0 Å². The number of hydrazone groups is 1. The van der Waals surface area contributed by atoms with E-state index in [0.29, 0.717) is 31.0 Å². The van der Waals surface area contributed by atoms with E-state index in [1.165, 1.54) is 21.0 Å². The summed E-state index contributed by atoms with van der Waals surface area (Å²) < 4.78 is 5.11. The van der Waals surface area contributed by atoms with Gasteiger partial charge < -0.3 is 9.64 Å². The molecule has 0 spiro atoms. The normalized spacial score (nSPS) is 15.6. The summed E-state index contributed by atoms with van der Waals surface area (Å²) in [4.78, 5) is 27.3. The van der Waals surface area contributed by atoms with Gasteiger partial charge in [-0.3, -0.25) is 9.59 Å². The van der Waals surface area contributed by atoms with Crippen LogP contribution in [0.4, 0.5) is 0 Å². The topological polar surface area (TPSA) is 62.2 Å². The molecule has 0 radical (unpaired) electrons. The van der Waals surface area contributed by atoms with Gasteiger partial charge in [0.05, 0.1) is 18.4 Å². The largest absolute Gasteiger partial charge is 0.383 e. The van der Waals surface area contributed by atoms with Gasteiger partial charge in [-0.2, -0.15) is 5.10 Å². The van der Waals surface area contributed by atoms with Crippen molar-refractivity contribution in [2.75, 3.05) is 26.8 Å². The van der Waals surface area contributed by atoms with Crippen molar-refractivity contribution in [2.24, 2.45) is 5.10 Å². The molecule has 0 fully saturated rings. The molecule has 2 aromatic rings. The van der Waals surface area contributed by atoms with E-state index in [0.717, 1.165) is 16.8 Å². The Kier molecular flexibility index (Phi) is 8.04. The average Bonchev–Trinajstić information content (AvgIpc) is 3.23. The maximum absolute atomic E-state index is 13.4. The molecule has 32 heavy (non-hydrogen) atoms. The second-order valence-corrected chi connectivity index (χ2v) is 8.39. The highest BCUT2D eigenvalue weighted by Gasteiger charge is 2.35. The zero-order valence-corrected chi connectivity index (χ0v) is 19.9. The third-order valence-electron chi connectivity index (χ3n) is 5.82. The van der Waals surface area contributed by atoms with Crippen LogP contribution in [-0.2, 0) is 14.3 Å². The molecule has 2 amide bonds. The number of ether oxygens (including phenoxy) is 1. The minimum atomic E-state index is -0.325. The van der Waals surface area contributed by atoms with E-state index in [4.69, 9.17) is 21.4 Å². The van der Waals surface area contributed by atoms with Crippen molar-refractivity contribution in [1.29, 1.82) is 0 Å². The van der Waals surface area contributed by atoms with E-state index >= 15 is 0 Å². The van der Waals surface area contributed by atoms with Gasteiger partial charge in [0, 0.05) is 31.5 Å². The van der Waals surface area contributed by atoms with Gasteiger partial charge >= 0.3 is 0 Å².